The van der Waals surface area contributed by atoms with Gasteiger partial charge in [0, 0.05) is 23.8 Å². The van der Waals surface area contributed by atoms with Gasteiger partial charge in [-0.3, -0.25) is 0 Å². The normalized spacial score (nSPS) is 11.8. The van der Waals surface area contributed by atoms with Crippen LogP contribution in [-0.2, 0) is 6.42 Å². The molecule has 0 saturated carbocycles. The molecule has 0 radical (unpaired) electrons. The molecule has 0 fully saturated rings. The van der Waals surface area contributed by atoms with Gasteiger partial charge in [-0.05, 0) is 43.7 Å². The van der Waals surface area contributed by atoms with Gasteiger partial charge in [-0.1, -0.05) is 6.07 Å². The fourth-order valence-corrected chi connectivity index (χ4v) is 1.89. The summed E-state index contributed by atoms with van der Waals surface area (Å²) < 4.78 is 5.26. The minimum atomic E-state index is -0.234. The summed E-state index contributed by atoms with van der Waals surface area (Å²) in [6.45, 7) is 1.96. The number of amides is 2. The lowest BCUT2D eigenvalue weighted by Crippen LogP contribution is -2.36. The Bertz CT molecular complexity index is 552. The SMILES string of the molecule is CC(CCc1ccco1)NC(=O)Nc1cccc(N)c1. The maximum atomic E-state index is 11.8. The monoisotopic (exact) mass is 273 g/mol. The van der Waals surface area contributed by atoms with Crippen LogP contribution in [0.3, 0.4) is 0 Å². The third-order valence-electron chi connectivity index (χ3n) is 2.93. The first-order valence-corrected chi connectivity index (χ1v) is 6.59. The summed E-state index contributed by atoms with van der Waals surface area (Å²) in [4.78, 5) is 11.8. The Kier molecular flexibility index (Phi) is 4.65. The lowest BCUT2D eigenvalue weighted by Gasteiger charge is -2.14. The number of anilines is 2. The quantitative estimate of drug-likeness (QED) is 0.732. The number of furan rings is 1. The van der Waals surface area contributed by atoms with E-state index in [1.54, 1.807) is 30.5 Å². The number of aryl methyl sites for hydroxylation is 1. The van der Waals surface area contributed by atoms with E-state index in [0.717, 1.165) is 18.6 Å². The second kappa shape index (κ2) is 6.65. The van der Waals surface area contributed by atoms with Crippen LogP contribution in [0.1, 0.15) is 19.1 Å². The summed E-state index contributed by atoms with van der Waals surface area (Å²) in [5.74, 6) is 0.926. The van der Waals surface area contributed by atoms with Crippen LogP contribution < -0.4 is 16.4 Å². The van der Waals surface area contributed by atoms with Gasteiger partial charge in [0.05, 0.1) is 6.26 Å². The molecule has 1 unspecified atom stereocenters. The summed E-state index contributed by atoms with van der Waals surface area (Å²) in [5, 5.41) is 5.63. The van der Waals surface area contributed by atoms with Gasteiger partial charge in [-0.2, -0.15) is 0 Å². The molecule has 1 aromatic heterocycles. The van der Waals surface area contributed by atoms with Crippen LogP contribution in [0.4, 0.5) is 16.2 Å². The summed E-state index contributed by atoms with van der Waals surface area (Å²) in [5.41, 5.74) is 6.96. The van der Waals surface area contributed by atoms with Crippen LogP contribution in [0.5, 0.6) is 0 Å². The Balaban J connectivity index is 1.76. The van der Waals surface area contributed by atoms with Crippen molar-refractivity contribution < 1.29 is 9.21 Å². The summed E-state index contributed by atoms with van der Waals surface area (Å²) >= 11 is 0. The van der Waals surface area contributed by atoms with Crippen LogP contribution in [0.25, 0.3) is 0 Å². The molecule has 0 bridgehead atoms. The molecule has 0 aliphatic rings. The summed E-state index contributed by atoms with van der Waals surface area (Å²) in [6, 6.07) is 10.7. The molecule has 2 aromatic rings. The number of hydrogen-bond donors (Lipinski definition) is 3. The maximum absolute atomic E-state index is 11.8. The van der Waals surface area contributed by atoms with E-state index in [2.05, 4.69) is 10.6 Å². The van der Waals surface area contributed by atoms with Gasteiger partial charge >= 0.3 is 6.03 Å². The molecule has 5 heteroatoms. The van der Waals surface area contributed by atoms with E-state index >= 15 is 0 Å². The van der Waals surface area contributed by atoms with Gasteiger partial charge in [0.15, 0.2) is 0 Å². The molecule has 0 spiro atoms. The second-order valence-electron chi connectivity index (χ2n) is 4.74. The second-order valence-corrected chi connectivity index (χ2v) is 4.74. The van der Waals surface area contributed by atoms with Gasteiger partial charge in [-0.15, -0.1) is 0 Å². The zero-order valence-corrected chi connectivity index (χ0v) is 11.4. The third kappa shape index (κ3) is 4.35. The molecule has 1 heterocycles. The molecule has 1 aromatic carbocycles. The van der Waals surface area contributed by atoms with E-state index in [9.17, 15) is 4.79 Å². The average molecular weight is 273 g/mol. The van der Waals surface area contributed by atoms with E-state index in [-0.39, 0.29) is 12.1 Å². The van der Waals surface area contributed by atoms with E-state index in [1.165, 1.54) is 0 Å². The van der Waals surface area contributed by atoms with Crippen molar-refractivity contribution in [1.82, 2.24) is 5.32 Å². The first-order valence-electron chi connectivity index (χ1n) is 6.59. The van der Waals surface area contributed by atoms with Crippen molar-refractivity contribution >= 4 is 17.4 Å². The highest BCUT2D eigenvalue weighted by Gasteiger charge is 2.08. The summed E-state index contributed by atoms with van der Waals surface area (Å²) in [6.07, 6.45) is 3.27. The first-order chi connectivity index (χ1) is 9.63. The highest BCUT2D eigenvalue weighted by atomic mass is 16.3. The predicted octanol–water partition coefficient (Wildman–Crippen LogP) is 3.00. The number of benzene rings is 1. The minimum absolute atomic E-state index is 0.0566. The number of urea groups is 1. The van der Waals surface area contributed by atoms with Gasteiger partial charge in [-0.25, -0.2) is 4.79 Å². The van der Waals surface area contributed by atoms with E-state index < -0.39 is 0 Å². The minimum Gasteiger partial charge on any atom is -0.469 e. The van der Waals surface area contributed by atoms with Gasteiger partial charge in [0.25, 0.3) is 0 Å². The van der Waals surface area contributed by atoms with Gasteiger partial charge in [0.2, 0.25) is 0 Å². The fourth-order valence-electron chi connectivity index (χ4n) is 1.89. The van der Waals surface area contributed by atoms with Gasteiger partial charge < -0.3 is 20.8 Å². The number of nitrogens with one attached hydrogen (secondary N) is 2. The zero-order chi connectivity index (χ0) is 14.4. The molecule has 0 aliphatic heterocycles. The molecule has 20 heavy (non-hydrogen) atoms. The highest BCUT2D eigenvalue weighted by Crippen LogP contribution is 2.11. The Hall–Kier alpha value is -2.43. The fraction of sp³-hybridized carbons (Fsp3) is 0.267. The van der Waals surface area contributed by atoms with Crippen molar-refractivity contribution in [2.45, 2.75) is 25.8 Å². The van der Waals surface area contributed by atoms with Crippen LogP contribution in [0.15, 0.2) is 47.1 Å². The number of nitrogens with two attached hydrogens (primary N) is 1. The largest absolute Gasteiger partial charge is 0.469 e. The molecule has 1 atom stereocenters. The lowest BCUT2D eigenvalue weighted by atomic mass is 10.1. The molecular formula is C15H19N3O2. The predicted molar refractivity (Wildman–Crippen MR) is 79.5 cm³/mol. The van der Waals surface area contributed by atoms with Crippen molar-refractivity contribution in [3.05, 3.63) is 48.4 Å². The van der Waals surface area contributed by atoms with E-state index in [1.807, 2.05) is 19.1 Å². The van der Waals surface area contributed by atoms with Crippen LogP contribution >= 0.6 is 0 Å². The van der Waals surface area contributed by atoms with Crippen molar-refractivity contribution in [2.75, 3.05) is 11.1 Å². The number of carbonyl (C=O) groups excluding carboxylic acids is 1. The van der Waals surface area contributed by atoms with E-state index in [4.69, 9.17) is 10.2 Å². The molecule has 0 aliphatic carbocycles. The van der Waals surface area contributed by atoms with Crippen LogP contribution in [0, 0.1) is 0 Å². The topological polar surface area (TPSA) is 80.3 Å². The smallest absolute Gasteiger partial charge is 0.319 e. The average Bonchev–Trinajstić information content (AvgIpc) is 2.89. The van der Waals surface area contributed by atoms with Crippen molar-refractivity contribution in [3.8, 4) is 0 Å². The third-order valence-corrected chi connectivity index (χ3v) is 2.93. The van der Waals surface area contributed by atoms with Gasteiger partial charge in [0.1, 0.15) is 5.76 Å². The zero-order valence-electron chi connectivity index (χ0n) is 11.4. The number of carbonyl (C=O) groups is 1. The molecule has 106 valence electrons. The number of nitrogen functional groups attached to an aromatic ring is 1. The number of rotatable bonds is 5. The van der Waals surface area contributed by atoms with E-state index in [0.29, 0.717) is 11.4 Å². The molecule has 4 N–H and O–H groups in total. The Labute approximate surface area is 118 Å². The standard InChI is InChI=1S/C15H19N3O2/c1-11(7-8-14-6-3-9-20-14)17-15(19)18-13-5-2-4-12(16)10-13/h2-6,9-11H,7-8,16H2,1H3,(H2,17,18,19). The Morgan fingerprint density at radius 3 is 2.90 bits per heavy atom. The molecular weight excluding hydrogens is 254 g/mol. The van der Waals surface area contributed by atoms with Crippen molar-refractivity contribution in [1.29, 1.82) is 0 Å². The molecule has 2 rings (SSSR count). The Morgan fingerprint density at radius 2 is 2.20 bits per heavy atom. The molecule has 5 nitrogen and oxygen atoms in total. The number of hydrogen-bond acceptors (Lipinski definition) is 3. The van der Waals surface area contributed by atoms with Crippen LogP contribution in [0.2, 0.25) is 0 Å². The summed E-state index contributed by atoms with van der Waals surface area (Å²) in [7, 11) is 0. The molecule has 2 amide bonds. The molecule has 0 saturated heterocycles. The highest BCUT2D eigenvalue weighted by molar-refractivity contribution is 5.89. The lowest BCUT2D eigenvalue weighted by molar-refractivity contribution is 0.248. The first kappa shape index (κ1) is 14.0. The Morgan fingerprint density at radius 1 is 1.35 bits per heavy atom. The van der Waals surface area contributed by atoms with Crippen molar-refractivity contribution in [2.24, 2.45) is 0 Å². The van der Waals surface area contributed by atoms with Crippen LogP contribution in [-0.4, -0.2) is 12.1 Å². The van der Waals surface area contributed by atoms with Crippen molar-refractivity contribution in [3.63, 3.8) is 0 Å². The maximum Gasteiger partial charge on any atom is 0.319 e.